The topological polar surface area (TPSA) is 82.0 Å². The van der Waals surface area contributed by atoms with Crippen molar-refractivity contribution in [2.24, 2.45) is 5.92 Å². The van der Waals surface area contributed by atoms with Crippen LogP contribution in [0.1, 0.15) is 27.2 Å². The molecule has 0 radical (unpaired) electrons. The summed E-state index contributed by atoms with van der Waals surface area (Å²) in [6.07, 6.45) is 0.452. The quantitative estimate of drug-likeness (QED) is 0.598. The molecule has 0 bridgehead atoms. The van der Waals surface area contributed by atoms with E-state index in [1.807, 2.05) is 38.1 Å². The Morgan fingerprint density at radius 1 is 1.32 bits per heavy atom. The van der Waals surface area contributed by atoms with Crippen LogP contribution in [0.25, 0.3) is 0 Å². The molecule has 0 spiro atoms. The van der Waals surface area contributed by atoms with Gasteiger partial charge in [0.1, 0.15) is 6.04 Å². The van der Waals surface area contributed by atoms with E-state index in [-0.39, 0.29) is 17.7 Å². The highest BCUT2D eigenvalue weighted by Gasteiger charge is 2.23. The van der Waals surface area contributed by atoms with Crippen molar-refractivity contribution in [2.45, 2.75) is 38.1 Å². The first kappa shape index (κ1) is 18.1. The van der Waals surface area contributed by atoms with E-state index in [1.165, 1.54) is 18.7 Å². The SMILES string of the molecule is CC(=O)N[C@H](C(=O)Nc1ccccc1SCCC#N)C(C)C. The molecule has 1 aromatic carbocycles. The van der Waals surface area contributed by atoms with Gasteiger partial charge in [-0.3, -0.25) is 9.59 Å². The minimum atomic E-state index is -0.574. The van der Waals surface area contributed by atoms with E-state index in [9.17, 15) is 9.59 Å². The third-order valence-electron chi connectivity index (χ3n) is 2.92. The molecule has 118 valence electrons. The fourth-order valence-electron chi connectivity index (χ4n) is 1.87. The molecular formula is C16H21N3O2S. The molecule has 0 saturated heterocycles. The van der Waals surface area contributed by atoms with Crippen molar-refractivity contribution < 1.29 is 9.59 Å². The summed E-state index contributed by atoms with van der Waals surface area (Å²) in [4.78, 5) is 24.5. The highest BCUT2D eigenvalue weighted by Crippen LogP contribution is 2.27. The highest BCUT2D eigenvalue weighted by atomic mass is 32.2. The van der Waals surface area contributed by atoms with Crippen molar-refractivity contribution in [1.82, 2.24) is 5.32 Å². The van der Waals surface area contributed by atoms with Gasteiger partial charge in [-0.15, -0.1) is 11.8 Å². The number of nitrogens with zero attached hydrogens (tertiary/aromatic N) is 1. The predicted octanol–water partition coefficient (Wildman–Crippen LogP) is 2.79. The minimum absolute atomic E-state index is 0.0118. The molecule has 0 aliphatic heterocycles. The van der Waals surface area contributed by atoms with Gasteiger partial charge in [-0.2, -0.15) is 5.26 Å². The standard InChI is InChI=1S/C16H21N3O2S/c1-11(2)15(18-12(3)20)16(21)19-13-7-4-5-8-14(13)22-10-6-9-17/h4-5,7-8,11,15H,6,10H2,1-3H3,(H,18,20)(H,19,21)/t15-/m0/s1. The monoisotopic (exact) mass is 319 g/mol. The number of nitriles is 1. The molecule has 2 amide bonds. The minimum Gasteiger partial charge on any atom is -0.344 e. The van der Waals surface area contributed by atoms with Gasteiger partial charge in [0.05, 0.1) is 11.8 Å². The molecule has 0 fully saturated rings. The fourth-order valence-corrected chi connectivity index (χ4v) is 2.73. The molecule has 0 aliphatic rings. The molecule has 0 saturated carbocycles. The number of carbonyl (C=O) groups is 2. The summed E-state index contributed by atoms with van der Waals surface area (Å²) in [5, 5.41) is 14.1. The van der Waals surface area contributed by atoms with E-state index < -0.39 is 6.04 Å². The van der Waals surface area contributed by atoms with Crippen molar-refractivity contribution in [1.29, 1.82) is 5.26 Å². The van der Waals surface area contributed by atoms with Gasteiger partial charge < -0.3 is 10.6 Å². The molecular weight excluding hydrogens is 298 g/mol. The Hall–Kier alpha value is -2.00. The molecule has 1 aromatic rings. The van der Waals surface area contributed by atoms with Crippen LogP contribution in [0.4, 0.5) is 5.69 Å². The van der Waals surface area contributed by atoms with Gasteiger partial charge in [0, 0.05) is 24.0 Å². The van der Waals surface area contributed by atoms with E-state index >= 15 is 0 Å². The Morgan fingerprint density at radius 2 is 2.00 bits per heavy atom. The summed E-state index contributed by atoms with van der Waals surface area (Å²) < 4.78 is 0. The van der Waals surface area contributed by atoms with Gasteiger partial charge in [0.25, 0.3) is 0 Å². The van der Waals surface area contributed by atoms with E-state index in [4.69, 9.17) is 5.26 Å². The second-order valence-corrected chi connectivity index (χ2v) is 6.30. The zero-order chi connectivity index (χ0) is 16.5. The second-order valence-electron chi connectivity index (χ2n) is 5.16. The zero-order valence-corrected chi connectivity index (χ0v) is 13.9. The molecule has 0 heterocycles. The van der Waals surface area contributed by atoms with Gasteiger partial charge >= 0.3 is 0 Å². The number of rotatable bonds is 7. The maximum atomic E-state index is 12.4. The third kappa shape index (κ3) is 5.78. The Kier molecular flexibility index (Phi) is 7.47. The molecule has 1 atom stereocenters. The van der Waals surface area contributed by atoms with Crippen LogP contribution >= 0.6 is 11.8 Å². The van der Waals surface area contributed by atoms with Crippen LogP contribution in [-0.2, 0) is 9.59 Å². The van der Waals surface area contributed by atoms with Crippen LogP contribution in [0.3, 0.4) is 0 Å². The van der Waals surface area contributed by atoms with Crippen LogP contribution in [-0.4, -0.2) is 23.6 Å². The number of nitrogens with one attached hydrogen (secondary N) is 2. The van der Waals surface area contributed by atoms with E-state index in [2.05, 4.69) is 16.7 Å². The molecule has 22 heavy (non-hydrogen) atoms. The molecule has 0 unspecified atom stereocenters. The maximum absolute atomic E-state index is 12.4. The highest BCUT2D eigenvalue weighted by molar-refractivity contribution is 7.99. The van der Waals surface area contributed by atoms with Gasteiger partial charge in [-0.25, -0.2) is 0 Å². The lowest BCUT2D eigenvalue weighted by molar-refractivity contribution is -0.126. The predicted molar refractivity (Wildman–Crippen MR) is 88.5 cm³/mol. The van der Waals surface area contributed by atoms with Crippen molar-refractivity contribution in [3.05, 3.63) is 24.3 Å². The zero-order valence-electron chi connectivity index (χ0n) is 13.1. The average molecular weight is 319 g/mol. The molecule has 1 rings (SSSR count). The first-order valence-electron chi connectivity index (χ1n) is 7.12. The van der Waals surface area contributed by atoms with Crippen molar-refractivity contribution >= 4 is 29.3 Å². The maximum Gasteiger partial charge on any atom is 0.247 e. The van der Waals surface area contributed by atoms with E-state index in [1.54, 1.807) is 0 Å². The molecule has 0 aliphatic carbocycles. The smallest absolute Gasteiger partial charge is 0.247 e. The van der Waals surface area contributed by atoms with Gasteiger partial charge in [0.2, 0.25) is 11.8 Å². The summed E-state index contributed by atoms with van der Waals surface area (Å²) in [5.41, 5.74) is 0.700. The second kappa shape index (κ2) is 9.11. The number of carbonyl (C=O) groups excluding carboxylic acids is 2. The van der Waals surface area contributed by atoms with Crippen LogP contribution in [0, 0.1) is 17.2 Å². The average Bonchev–Trinajstić information content (AvgIpc) is 2.46. The van der Waals surface area contributed by atoms with Crippen LogP contribution in [0.5, 0.6) is 0 Å². The van der Waals surface area contributed by atoms with Crippen molar-refractivity contribution in [3.8, 4) is 6.07 Å². The number of anilines is 1. The fraction of sp³-hybridized carbons (Fsp3) is 0.438. The third-order valence-corrected chi connectivity index (χ3v) is 4.00. The number of para-hydroxylation sites is 1. The number of hydrogen-bond donors (Lipinski definition) is 2. The first-order chi connectivity index (χ1) is 10.5. The van der Waals surface area contributed by atoms with Gasteiger partial charge in [0.15, 0.2) is 0 Å². The largest absolute Gasteiger partial charge is 0.344 e. The number of hydrogen-bond acceptors (Lipinski definition) is 4. The summed E-state index contributed by atoms with van der Waals surface area (Å²) in [6.45, 7) is 5.16. The molecule has 0 aromatic heterocycles. The summed E-state index contributed by atoms with van der Waals surface area (Å²) >= 11 is 1.52. The van der Waals surface area contributed by atoms with Crippen molar-refractivity contribution in [2.75, 3.05) is 11.1 Å². The van der Waals surface area contributed by atoms with E-state index in [0.717, 1.165) is 4.90 Å². The summed E-state index contributed by atoms with van der Waals surface area (Å²) in [5.74, 6) is 0.189. The van der Waals surface area contributed by atoms with Gasteiger partial charge in [-0.05, 0) is 18.1 Å². The molecule has 5 nitrogen and oxygen atoms in total. The summed E-state index contributed by atoms with van der Waals surface area (Å²) in [7, 11) is 0. The van der Waals surface area contributed by atoms with Crippen LogP contribution in [0.2, 0.25) is 0 Å². The normalized spacial score (nSPS) is 11.6. The molecule has 6 heteroatoms. The Balaban J connectivity index is 2.82. The molecule has 2 N–H and O–H groups in total. The number of benzene rings is 1. The Morgan fingerprint density at radius 3 is 2.59 bits per heavy atom. The van der Waals surface area contributed by atoms with Crippen LogP contribution < -0.4 is 10.6 Å². The van der Waals surface area contributed by atoms with E-state index in [0.29, 0.717) is 17.9 Å². The van der Waals surface area contributed by atoms with Gasteiger partial charge in [-0.1, -0.05) is 26.0 Å². The number of amides is 2. The first-order valence-corrected chi connectivity index (χ1v) is 8.11. The van der Waals surface area contributed by atoms with Crippen LogP contribution in [0.15, 0.2) is 29.2 Å². The summed E-state index contributed by atoms with van der Waals surface area (Å²) in [6, 6.07) is 8.97. The number of thioether (sulfide) groups is 1. The Labute approximate surface area is 135 Å². The van der Waals surface area contributed by atoms with Crippen molar-refractivity contribution in [3.63, 3.8) is 0 Å². The lowest BCUT2D eigenvalue weighted by Gasteiger charge is -2.21. The lowest BCUT2D eigenvalue weighted by Crippen LogP contribution is -2.46. The lowest BCUT2D eigenvalue weighted by atomic mass is 10.0. The Bertz CT molecular complexity index is 567.